The van der Waals surface area contributed by atoms with Gasteiger partial charge in [-0.15, -0.1) is 0 Å². The lowest BCUT2D eigenvalue weighted by molar-refractivity contribution is 0.101. The van der Waals surface area contributed by atoms with Gasteiger partial charge in [0, 0.05) is 49.9 Å². The molecule has 0 aliphatic carbocycles. The summed E-state index contributed by atoms with van der Waals surface area (Å²) in [5, 5.41) is 0. The molecule has 7 nitrogen and oxygen atoms in total. The van der Waals surface area contributed by atoms with Gasteiger partial charge in [-0.25, -0.2) is 14.2 Å². The average molecular weight is 458 g/mol. The Morgan fingerprint density at radius 1 is 1.30 bits per heavy atom. The quantitative estimate of drug-likeness (QED) is 0.711. The van der Waals surface area contributed by atoms with Crippen LogP contribution in [0.25, 0.3) is 0 Å². The number of imidazole rings is 1. The second-order valence-electron chi connectivity index (χ2n) is 9.31. The van der Waals surface area contributed by atoms with Crippen LogP contribution in [0.4, 0.5) is 9.18 Å². The fourth-order valence-electron chi connectivity index (χ4n) is 5.37. The third kappa shape index (κ3) is 5.22. The Hall–Kier alpha value is -2.45. The standard InChI is InChI=1S/C25H36FN5O2/c1-4-33-25(32)30-13-10-24-23(16-30)28-18(3)31(24)21-8-11-29(12-9-21)17(2)14-22(27)19-6-5-7-20(26)15-19/h5-7,15,17,21-22H,4,8-14,16,27H2,1-3H3/t17?,22-/m0/s1. The van der Waals surface area contributed by atoms with Crippen LogP contribution >= 0.6 is 0 Å². The third-order valence-corrected chi connectivity index (χ3v) is 7.11. The monoisotopic (exact) mass is 457 g/mol. The zero-order chi connectivity index (χ0) is 23.5. The number of aryl methyl sites for hydroxylation is 1. The molecule has 180 valence electrons. The second-order valence-corrected chi connectivity index (χ2v) is 9.31. The van der Waals surface area contributed by atoms with E-state index in [9.17, 15) is 9.18 Å². The van der Waals surface area contributed by atoms with Crippen LogP contribution in [0.5, 0.6) is 0 Å². The van der Waals surface area contributed by atoms with E-state index >= 15 is 0 Å². The minimum atomic E-state index is -0.255. The summed E-state index contributed by atoms with van der Waals surface area (Å²) in [6.45, 7) is 9.70. The molecule has 1 fully saturated rings. The van der Waals surface area contributed by atoms with E-state index in [0.29, 0.717) is 31.8 Å². The fourth-order valence-corrected chi connectivity index (χ4v) is 5.37. The van der Waals surface area contributed by atoms with E-state index in [2.05, 4.69) is 23.3 Å². The number of nitrogens with zero attached hydrogens (tertiary/aromatic N) is 4. The molecule has 0 radical (unpaired) electrons. The van der Waals surface area contributed by atoms with Gasteiger partial charge in [-0.1, -0.05) is 12.1 Å². The first-order chi connectivity index (χ1) is 15.9. The molecule has 2 aliphatic rings. The number of nitrogens with two attached hydrogens (primary N) is 1. The van der Waals surface area contributed by atoms with E-state index < -0.39 is 0 Å². The number of piperidine rings is 1. The molecule has 2 aliphatic heterocycles. The maximum Gasteiger partial charge on any atom is 0.410 e. The summed E-state index contributed by atoms with van der Waals surface area (Å²) in [6, 6.07) is 7.21. The molecule has 2 aromatic rings. The Kier molecular flexibility index (Phi) is 7.34. The van der Waals surface area contributed by atoms with Crippen molar-refractivity contribution in [1.29, 1.82) is 0 Å². The summed E-state index contributed by atoms with van der Waals surface area (Å²) in [4.78, 5) is 21.2. The highest BCUT2D eigenvalue weighted by molar-refractivity contribution is 5.68. The summed E-state index contributed by atoms with van der Waals surface area (Å²) in [7, 11) is 0. The van der Waals surface area contributed by atoms with Crippen LogP contribution in [0, 0.1) is 12.7 Å². The molecule has 33 heavy (non-hydrogen) atoms. The Labute approximate surface area is 195 Å². The fraction of sp³-hybridized carbons (Fsp3) is 0.600. The highest BCUT2D eigenvalue weighted by atomic mass is 19.1. The Morgan fingerprint density at radius 2 is 2.06 bits per heavy atom. The number of ether oxygens (including phenoxy) is 1. The molecule has 4 rings (SSSR count). The van der Waals surface area contributed by atoms with Gasteiger partial charge >= 0.3 is 6.09 Å². The zero-order valence-electron chi connectivity index (χ0n) is 20.0. The highest BCUT2D eigenvalue weighted by Crippen LogP contribution is 2.31. The number of carbonyl (C=O) groups excluding carboxylic acids is 1. The van der Waals surface area contributed by atoms with Gasteiger partial charge in [0.2, 0.25) is 0 Å². The van der Waals surface area contributed by atoms with E-state index in [1.54, 1.807) is 11.0 Å². The largest absolute Gasteiger partial charge is 0.450 e. The molecule has 1 amide bonds. The maximum absolute atomic E-state index is 13.5. The summed E-state index contributed by atoms with van der Waals surface area (Å²) in [5.41, 5.74) is 9.51. The van der Waals surface area contributed by atoms with Crippen LogP contribution in [0.2, 0.25) is 0 Å². The molecule has 0 saturated carbocycles. The second kappa shape index (κ2) is 10.2. The molecule has 8 heteroatoms. The van der Waals surface area contributed by atoms with Gasteiger partial charge in [-0.05, 0) is 57.7 Å². The Balaban J connectivity index is 1.35. The third-order valence-electron chi connectivity index (χ3n) is 7.11. The minimum absolute atomic E-state index is 0.168. The van der Waals surface area contributed by atoms with E-state index in [-0.39, 0.29) is 18.0 Å². The van der Waals surface area contributed by atoms with Crippen molar-refractivity contribution in [2.24, 2.45) is 5.73 Å². The number of hydrogen-bond acceptors (Lipinski definition) is 5. The van der Waals surface area contributed by atoms with Crippen molar-refractivity contribution < 1.29 is 13.9 Å². The first-order valence-corrected chi connectivity index (χ1v) is 12.1. The van der Waals surface area contributed by atoms with Gasteiger partial charge in [-0.3, -0.25) is 0 Å². The first-order valence-electron chi connectivity index (χ1n) is 12.1. The van der Waals surface area contributed by atoms with Crippen molar-refractivity contribution in [3.63, 3.8) is 0 Å². The smallest absolute Gasteiger partial charge is 0.410 e. The van der Waals surface area contributed by atoms with Crippen LogP contribution in [-0.2, 0) is 17.7 Å². The van der Waals surface area contributed by atoms with Crippen molar-refractivity contribution in [3.8, 4) is 0 Å². The van der Waals surface area contributed by atoms with Crippen molar-refractivity contribution in [2.45, 2.75) is 71.1 Å². The van der Waals surface area contributed by atoms with Gasteiger partial charge in [0.15, 0.2) is 0 Å². The SMILES string of the molecule is CCOC(=O)N1CCc2c(nc(C)n2C2CCN(C(C)C[C@H](N)c3cccc(F)c3)CC2)C1. The van der Waals surface area contributed by atoms with E-state index in [4.69, 9.17) is 15.5 Å². The number of aromatic nitrogens is 2. The predicted octanol–water partition coefficient (Wildman–Crippen LogP) is 3.96. The molecule has 1 aromatic carbocycles. The molecule has 3 heterocycles. The molecule has 2 N–H and O–H groups in total. The molecule has 1 aromatic heterocycles. The molecule has 2 atom stereocenters. The molecular weight excluding hydrogens is 421 g/mol. The van der Waals surface area contributed by atoms with Crippen molar-refractivity contribution in [3.05, 3.63) is 52.9 Å². The van der Waals surface area contributed by atoms with E-state index in [1.807, 2.05) is 13.0 Å². The summed E-state index contributed by atoms with van der Waals surface area (Å²) in [5.74, 6) is 0.797. The normalized spacial score (nSPS) is 19.2. The van der Waals surface area contributed by atoms with E-state index in [0.717, 1.165) is 55.9 Å². The van der Waals surface area contributed by atoms with Gasteiger partial charge in [0.1, 0.15) is 11.6 Å². The topological polar surface area (TPSA) is 76.6 Å². The number of benzene rings is 1. The number of amides is 1. The molecule has 0 bridgehead atoms. The molecule has 1 saturated heterocycles. The van der Waals surface area contributed by atoms with Gasteiger partial charge in [0.05, 0.1) is 18.8 Å². The molecular formula is C25H36FN5O2. The van der Waals surface area contributed by atoms with Gasteiger partial charge < -0.3 is 24.8 Å². The number of carbonyl (C=O) groups is 1. The van der Waals surface area contributed by atoms with Crippen LogP contribution < -0.4 is 5.73 Å². The lowest BCUT2D eigenvalue weighted by Gasteiger charge is -2.38. The Bertz CT molecular complexity index is 970. The highest BCUT2D eigenvalue weighted by Gasteiger charge is 2.31. The minimum Gasteiger partial charge on any atom is -0.450 e. The number of fused-ring (bicyclic) bond motifs is 1. The average Bonchev–Trinajstić information content (AvgIpc) is 3.14. The first kappa shape index (κ1) is 23.7. The summed E-state index contributed by atoms with van der Waals surface area (Å²) in [6.07, 6.45) is 3.48. The Morgan fingerprint density at radius 3 is 2.76 bits per heavy atom. The van der Waals surface area contributed by atoms with Crippen molar-refractivity contribution in [2.75, 3.05) is 26.2 Å². The van der Waals surface area contributed by atoms with Crippen LogP contribution in [0.1, 0.15) is 68.0 Å². The zero-order valence-corrected chi connectivity index (χ0v) is 20.0. The van der Waals surface area contributed by atoms with Gasteiger partial charge in [0.25, 0.3) is 0 Å². The van der Waals surface area contributed by atoms with E-state index in [1.165, 1.54) is 17.8 Å². The lowest BCUT2D eigenvalue weighted by Crippen LogP contribution is -2.42. The lowest BCUT2D eigenvalue weighted by atomic mass is 9.97. The number of likely N-dealkylation sites (tertiary alicyclic amines) is 1. The van der Waals surface area contributed by atoms with Crippen LogP contribution in [0.15, 0.2) is 24.3 Å². The van der Waals surface area contributed by atoms with Crippen LogP contribution in [-0.4, -0.2) is 57.7 Å². The maximum atomic E-state index is 13.5. The number of hydrogen-bond donors (Lipinski definition) is 1. The van der Waals surface area contributed by atoms with Crippen molar-refractivity contribution in [1.82, 2.24) is 19.4 Å². The molecule has 0 spiro atoms. The number of rotatable bonds is 6. The van der Waals surface area contributed by atoms with Gasteiger partial charge in [-0.2, -0.15) is 0 Å². The van der Waals surface area contributed by atoms with Crippen molar-refractivity contribution >= 4 is 6.09 Å². The summed E-state index contributed by atoms with van der Waals surface area (Å²) >= 11 is 0. The molecule has 1 unspecified atom stereocenters. The van der Waals surface area contributed by atoms with Crippen LogP contribution in [0.3, 0.4) is 0 Å². The summed E-state index contributed by atoms with van der Waals surface area (Å²) < 4.78 is 21.1. The predicted molar refractivity (Wildman–Crippen MR) is 125 cm³/mol. The number of halogens is 1.